The van der Waals surface area contributed by atoms with Crippen molar-refractivity contribution in [1.82, 2.24) is 14.8 Å². The maximum absolute atomic E-state index is 5.56. The number of hydrogen-bond acceptors (Lipinski definition) is 4. The van der Waals surface area contributed by atoms with Crippen molar-refractivity contribution >= 4 is 21.8 Å². The van der Waals surface area contributed by atoms with Gasteiger partial charge in [-0.3, -0.25) is 0 Å². The van der Waals surface area contributed by atoms with Crippen LogP contribution in [0.5, 0.6) is 11.5 Å². The molecule has 5 heteroatoms. The lowest BCUT2D eigenvalue weighted by molar-refractivity contribution is 0.356. The van der Waals surface area contributed by atoms with Gasteiger partial charge in [0.25, 0.3) is 0 Å². The Bertz CT molecular complexity index is 1310. The Morgan fingerprint density at radius 3 is 2.14 bits per heavy atom. The fourth-order valence-electron chi connectivity index (χ4n) is 3.67. The molecule has 2 heterocycles. The zero-order valence-electron chi connectivity index (χ0n) is 16.2. The zero-order valence-corrected chi connectivity index (χ0v) is 16.2. The molecule has 5 aromatic rings. The first-order chi connectivity index (χ1) is 14.3. The molecule has 0 amide bonds. The number of benzene rings is 3. The molecule has 5 nitrogen and oxygen atoms in total. The number of pyridine rings is 1. The number of methoxy groups -OCH3 is 2. The molecule has 0 aliphatic rings. The molecule has 2 aromatic heterocycles. The van der Waals surface area contributed by atoms with Gasteiger partial charge in [0.15, 0.2) is 17.1 Å². The standard InChI is InChI=1S/C24H19N3O2/c1-28-20-13-17-15-25-24-22(19(17)14-21(20)29-2)23(16-9-5-3-6-10-16)26-27(24)18-11-7-4-8-12-18/h3-15H,1-2H3. The molecule has 0 atom stereocenters. The summed E-state index contributed by atoms with van der Waals surface area (Å²) in [5.74, 6) is 1.36. The van der Waals surface area contributed by atoms with Crippen LogP contribution in [0.1, 0.15) is 0 Å². The van der Waals surface area contributed by atoms with Gasteiger partial charge in [-0.25, -0.2) is 9.67 Å². The van der Waals surface area contributed by atoms with Crippen LogP contribution in [-0.2, 0) is 0 Å². The van der Waals surface area contributed by atoms with Gasteiger partial charge in [0.2, 0.25) is 0 Å². The number of hydrogen-bond donors (Lipinski definition) is 0. The van der Waals surface area contributed by atoms with Gasteiger partial charge in [0.05, 0.1) is 25.3 Å². The lowest BCUT2D eigenvalue weighted by Crippen LogP contribution is -1.97. The van der Waals surface area contributed by atoms with E-state index in [1.165, 1.54) is 0 Å². The van der Waals surface area contributed by atoms with E-state index in [9.17, 15) is 0 Å². The van der Waals surface area contributed by atoms with Crippen LogP contribution in [0.2, 0.25) is 0 Å². The molecule has 0 aliphatic carbocycles. The third-order valence-electron chi connectivity index (χ3n) is 5.06. The summed E-state index contributed by atoms with van der Waals surface area (Å²) >= 11 is 0. The Morgan fingerprint density at radius 1 is 0.793 bits per heavy atom. The molecule has 0 saturated carbocycles. The van der Waals surface area contributed by atoms with E-state index in [2.05, 4.69) is 12.1 Å². The summed E-state index contributed by atoms with van der Waals surface area (Å²) in [5.41, 5.74) is 3.69. The highest BCUT2D eigenvalue weighted by molar-refractivity contribution is 6.12. The fraction of sp³-hybridized carbons (Fsp3) is 0.0833. The third kappa shape index (κ3) is 2.79. The van der Waals surface area contributed by atoms with Gasteiger partial charge < -0.3 is 9.47 Å². The number of fused-ring (bicyclic) bond motifs is 3. The fourth-order valence-corrected chi connectivity index (χ4v) is 3.67. The van der Waals surface area contributed by atoms with E-state index in [1.807, 2.05) is 71.5 Å². The molecule has 0 fully saturated rings. The van der Waals surface area contributed by atoms with E-state index < -0.39 is 0 Å². The highest BCUT2D eigenvalue weighted by Crippen LogP contribution is 2.39. The third-order valence-corrected chi connectivity index (χ3v) is 5.06. The van der Waals surface area contributed by atoms with Crippen molar-refractivity contribution in [2.75, 3.05) is 14.2 Å². The van der Waals surface area contributed by atoms with Crippen molar-refractivity contribution in [3.8, 4) is 28.4 Å². The highest BCUT2D eigenvalue weighted by Gasteiger charge is 2.19. The van der Waals surface area contributed by atoms with E-state index in [1.54, 1.807) is 14.2 Å². The molecule has 3 aromatic carbocycles. The van der Waals surface area contributed by atoms with Gasteiger partial charge in [0.1, 0.15) is 5.69 Å². The van der Waals surface area contributed by atoms with Gasteiger partial charge in [-0.2, -0.15) is 5.10 Å². The number of aromatic nitrogens is 3. The van der Waals surface area contributed by atoms with Crippen molar-refractivity contribution in [1.29, 1.82) is 0 Å². The van der Waals surface area contributed by atoms with Crippen LogP contribution in [0, 0.1) is 0 Å². The number of rotatable bonds is 4. The monoisotopic (exact) mass is 381 g/mol. The molecule has 0 aliphatic heterocycles. The molecule has 0 unspecified atom stereocenters. The molecule has 0 spiro atoms. The SMILES string of the molecule is COc1cc2cnc3c(c(-c4ccccc4)nn3-c3ccccc3)c2cc1OC. The molecule has 0 saturated heterocycles. The lowest BCUT2D eigenvalue weighted by Gasteiger charge is -2.10. The van der Waals surface area contributed by atoms with Crippen molar-refractivity contribution in [3.63, 3.8) is 0 Å². The van der Waals surface area contributed by atoms with E-state index in [0.717, 1.165) is 38.8 Å². The Balaban J connectivity index is 1.92. The summed E-state index contributed by atoms with van der Waals surface area (Å²) in [5, 5.41) is 7.94. The molecular weight excluding hydrogens is 362 g/mol. The van der Waals surface area contributed by atoms with Crippen LogP contribution in [0.15, 0.2) is 79.0 Å². The van der Waals surface area contributed by atoms with Crippen molar-refractivity contribution in [2.45, 2.75) is 0 Å². The normalized spacial score (nSPS) is 11.1. The largest absolute Gasteiger partial charge is 0.493 e. The quantitative estimate of drug-likeness (QED) is 0.426. The van der Waals surface area contributed by atoms with Gasteiger partial charge in [-0.05, 0) is 24.3 Å². The molecule has 0 radical (unpaired) electrons. The summed E-state index contributed by atoms with van der Waals surface area (Å²) in [6.07, 6.45) is 1.86. The minimum Gasteiger partial charge on any atom is -0.493 e. The number of nitrogens with zero attached hydrogens (tertiary/aromatic N) is 3. The summed E-state index contributed by atoms with van der Waals surface area (Å²) in [4.78, 5) is 4.77. The predicted molar refractivity (Wildman–Crippen MR) is 115 cm³/mol. The smallest absolute Gasteiger partial charge is 0.164 e. The van der Waals surface area contributed by atoms with Gasteiger partial charge in [-0.1, -0.05) is 48.5 Å². The Morgan fingerprint density at radius 2 is 1.45 bits per heavy atom. The second-order valence-electron chi connectivity index (χ2n) is 6.71. The van der Waals surface area contributed by atoms with E-state index in [0.29, 0.717) is 11.5 Å². The number of para-hydroxylation sites is 1. The van der Waals surface area contributed by atoms with Crippen molar-refractivity contribution in [3.05, 3.63) is 79.0 Å². The molecule has 0 N–H and O–H groups in total. The molecule has 29 heavy (non-hydrogen) atoms. The van der Waals surface area contributed by atoms with Crippen LogP contribution in [0.4, 0.5) is 0 Å². The van der Waals surface area contributed by atoms with Gasteiger partial charge >= 0.3 is 0 Å². The van der Waals surface area contributed by atoms with E-state index >= 15 is 0 Å². The molecule has 0 bridgehead atoms. The van der Waals surface area contributed by atoms with Crippen molar-refractivity contribution < 1.29 is 9.47 Å². The summed E-state index contributed by atoms with van der Waals surface area (Å²) < 4.78 is 12.9. The highest BCUT2D eigenvalue weighted by atomic mass is 16.5. The summed E-state index contributed by atoms with van der Waals surface area (Å²) in [6, 6.07) is 24.2. The molecule has 5 rings (SSSR count). The lowest BCUT2D eigenvalue weighted by atomic mass is 10.0. The Kier molecular flexibility index (Phi) is 4.13. The maximum atomic E-state index is 5.56. The summed E-state index contributed by atoms with van der Waals surface area (Å²) in [7, 11) is 3.28. The van der Waals surface area contributed by atoms with Crippen LogP contribution < -0.4 is 9.47 Å². The zero-order chi connectivity index (χ0) is 19.8. The first kappa shape index (κ1) is 17.3. The van der Waals surface area contributed by atoms with Crippen LogP contribution in [0.3, 0.4) is 0 Å². The van der Waals surface area contributed by atoms with Gasteiger partial charge in [0, 0.05) is 22.5 Å². The Hall–Kier alpha value is -3.86. The van der Waals surface area contributed by atoms with Crippen LogP contribution >= 0.6 is 0 Å². The van der Waals surface area contributed by atoms with E-state index in [4.69, 9.17) is 19.6 Å². The number of ether oxygens (including phenoxy) is 2. The van der Waals surface area contributed by atoms with Crippen LogP contribution in [-0.4, -0.2) is 29.0 Å². The summed E-state index contributed by atoms with van der Waals surface area (Å²) in [6.45, 7) is 0. The second-order valence-corrected chi connectivity index (χ2v) is 6.71. The minimum absolute atomic E-state index is 0.679. The minimum atomic E-state index is 0.679. The van der Waals surface area contributed by atoms with E-state index in [-0.39, 0.29) is 0 Å². The Labute approximate surface area is 168 Å². The van der Waals surface area contributed by atoms with Crippen LogP contribution in [0.25, 0.3) is 38.8 Å². The second kappa shape index (κ2) is 6.95. The first-order valence-corrected chi connectivity index (χ1v) is 9.34. The first-order valence-electron chi connectivity index (χ1n) is 9.34. The molecule has 142 valence electrons. The van der Waals surface area contributed by atoms with Gasteiger partial charge in [-0.15, -0.1) is 0 Å². The average molecular weight is 381 g/mol. The predicted octanol–water partition coefficient (Wildman–Crippen LogP) is 5.26. The molecular formula is C24H19N3O2. The average Bonchev–Trinajstić information content (AvgIpc) is 3.19. The maximum Gasteiger partial charge on any atom is 0.164 e. The topological polar surface area (TPSA) is 49.2 Å². The van der Waals surface area contributed by atoms with Crippen molar-refractivity contribution in [2.24, 2.45) is 0 Å².